The van der Waals surface area contributed by atoms with Crippen molar-refractivity contribution >= 4 is 34.0 Å². The molecular weight excluding hydrogens is 282 g/mol. The fourth-order valence-electron chi connectivity index (χ4n) is 2.39. The summed E-state index contributed by atoms with van der Waals surface area (Å²) in [6.45, 7) is 1.93. The van der Waals surface area contributed by atoms with Crippen LogP contribution in [0.15, 0.2) is 62.7 Å². The van der Waals surface area contributed by atoms with Gasteiger partial charge in [-0.05, 0) is 48.5 Å². The molecule has 0 unspecified atom stereocenters. The number of benzene rings is 2. The summed E-state index contributed by atoms with van der Waals surface area (Å²) in [6, 6.07) is 14.8. The van der Waals surface area contributed by atoms with Gasteiger partial charge in [0, 0.05) is 5.39 Å². The molecule has 0 aliphatic rings. The highest BCUT2D eigenvalue weighted by atomic mass is 32.1. The second-order valence-corrected chi connectivity index (χ2v) is 4.82. The maximum Gasteiger partial charge on any atom is 0.344 e. The number of rotatable bonds is 2. The van der Waals surface area contributed by atoms with Gasteiger partial charge in [0.1, 0.15) is 5.58 Å². The molecule has 0 saturated heterocycles. The van der Waals surface area contributed by atoms with Crippen LogP contribution in [0.25, 0.3) is 22.1 Å². The van der Waals surface area contributed by atoms with Crippen LogP contribution in [0, 0.1) is 6.92 Å². The average molecular weight is 293 g/mol. The van der Waals surface area contributed by atoms with Gasteiger partial charge in [0.15, 0.2) is 0 Å². The summed E-state index contributed by atoms with van der Waals surface area (Å²) in [5, 5.41) is 3.26. The molecule has 1 aromatic heterocycles. The number of thiocarbonyl (C=S) groups is 1. The van der Waals surface area contributed by atoms with Gasteiger partial charge in [-0.3, -0.25) is 0 Å². The van der Waals surface area contributed by atoms with Crippen molar-refractivity contribution in [1.29, 1.82) is 0 Å². The average Bonchev–Trinajstić information content (AvgIpc) is 2.49. The molecule has 0 aliphatic heterocycles. The van der Waals surface area contributed by atoms with E-state index in [9.17, 15) is 4.79 Å². The molecule has 0 amide bonds. The fourth-order valence-corrected chi connectivity index (χ4v) is 2.50. The van der Waals surface area contributed by atoms with Crippen LogP contribution >= 0.6 is 12.2 Å². The quantitative estimate of drug-likeness (QED) is 0.397. The highest BCUT2D eigenvalue weighted by Crippen LogP contribution is 2.27. The molecule has 0 spiro atoms. The number of hydrogen-bond acceptors (Lipinski definition) is 4. The number of hydrogen-bond donors (Lipinski definition) is 0. The Hall–Kier alpha value is -2.55. The second kappa shape index (κ2) is 5.44. The van der Waals surface area contributed by atoms with E-state index in [0.29, 0.717) is 16.8 Å². The van der Waals surface area contributed by atoms with E-state index >= 15 is 0 Å². The van der Waals surface area contributed by atoms with E-state index < -0.39 is 0 Å². The van der Waals surface area contributed by atoms with Crippen LogP contribution in [0.3, 0.4) is 0 Å². The van der Waals surface area contributed by atoms with Crippen LogP contribution in [0.2, 0.25) is 0 Å². The predicted molar refractivity (Wildman–Crippen MR) is 87.3 cm³/mol. The van der Waals surface area contributed by atoms with Crippen LogP contribution in [0.5, 0.6) is 0 Å². The molecule has 4 heteroatoms. The minimum atomic E-state index is -0.336. The van der Waals surface area contributed by atoms with Crippen LogP contribution < -0.4 is 5.63 Å². The molecule has 102 valence electrons. The Bertz CT molecular complexity index is 920. The van der Waals surface area contributed by atoms with E-state index in [0.717, 1.165) is 16.5 Å². The SMILES string of the molecule is Cc1c(-c2ccc(N=C=S)cc2)c(=O)oc2ccccc12. The van der Waals surface area contributed by atoms with Crippen molar-refractivity contribution in [3.05, 3.63) is 64.5 Å². The monoisotopic (exact) mass is 293 g/mol. The third-order valence-electron chi connectivity index (χ3n) is 3.40. The van der Waals surface area contributed by atoms with Gasteiger partial charge in [-0.15, -0.1) is 0 Å². The minimum Gasteiger partial charge on any atom is -0.422 e. The van der Waals surface area contributed by atoms with Crippen molar-refractivity contribution in [2.24, 2.45) is 4.99 Å². The van der Waals surface area contributed by atoms with E-state index in [2.05, 4.69) is 22.4 Å². The Morgan fingerprint density at radius 3 is 2.52 bits per heavy atom. The predicted octanol–water partition coefficient (Wildman–Crippen LogP) is 4.50. The number of aryl methyl sites for hydroxylation is 1. The smallest absolute Gasteiger partial charge is 0.344 e. The third-order valence-corrected chi connectivity index (χ3v) is 3.49. The summed E-state index contributed by atoms with van der Waals surface area (Å²) in [6.07, 6.45) is 0. The molecule has 3 rings (SSSR count). The first-order chi connectivity index (χ1) is 10.2. The number of fused-ring (bicyclic) bond motifs is 1. The lowest BCUT2D eigenvalue weighted by molar-refractivity contribution is 0.562. The van der Waals surface area contributed by atoms with E-state index in [-0.39, 0.29) is 5.63 Å². The Labute approximate surface area is 126 Å². The van der Waals surface area contributed by atoms with Gasteiger partial charge in [-0.1, -0.05) is 30.3 Å². The first kappa shape index (κ1) is 13.4. The maximum atomic E-state index is 12.2. The van der Waals surface area contributed by atoms with Gasteiger partial charge < -0.3 is 4.42 Å². The Morgan fingerprint density at radius 2 is 1.81 bits per heavy atom. The molecule has 0 saturated carbocycles. The highest BCUT2D eigenvalue weighted by molar-refractivity contribution is 7.78. The lowest BCUT2D eigenvalue weighted by atomic mass is 9.99. The number of nitrogens with zero attached hydrogens (tertiary/aromatic N) is 1. The summed E-state index contributed by atoms with van der Waals surface area (Å²) < 4.78 is 5.40. The second-order valence-electron chi connectivity index (χ2n) is 4.64. The van der Waals surface area contributed by atoms with E-state index in [1.54, 1.807) is 18.2 Å². The van der Waals surface area contributed by atoms with Gasteiger partial charge in [0.25, 0.3) is 0 Å². The molecule has 0 fully saturated rings. The van der Waals surface area contributed by atoms with E-state index in [4.69, 9.17) is 4.42 Å². The van der Waals surface area contributed by atoms with Gasteiger partial charge >= 0.3 is 5.63 Å². The van der Waals surface area contributed by atoms with E-state index in [1.165, 1.54) is 0 Å². The molecule has 1 heterocycles. The lowest BCUT2D eigenvalue weighted by Crippen LogP contribution is -2.05. The molecule has 2 aromatic carbocycles. The molecule has 21 heavy (non-hydrogen) atoms. The maximum absolute atomic E-state index is 12.2. The van der Waals surface area contributed by atoms with Gasteiger partial charge in [0.05, 0.1) is 16.4 Å². The molecule has 0 radical (unpaired) electrons. The standard InChI is InChI=1S/C17H11NO2S/c1-11-14-4-2-3-5-15(14)20-17(19)16(11)12-6-8-13(9-7-12)18-10-21/h2-9H,1H3. The van der Waals surface area contributed by atoms with Crippen molar-refractivity contribution in [3.63, 3.8) is 0 Å². The summed E-state index contributed by atoms with van der Waals surface area (Å²) in [5.74, 6) is 0. The Morgan fingerprint density at radius 1 is 1.10 bits per heavy atom. The Kier molecular flexibility index (Phi) is 3.48. The summed E-state index contributed by atoms with van der Waals surface area (Å²) in [4.78, 5) is 16.1. The largest absolute Gasteiger partial charge is 0.422 e. The van der Waals surface area contributed by atoms with Crippen molar-refractivity contribution < 1.29 is 4.42 Å². The zero-order chi connectivity index (χ0) is 14.8. The Balaban J connectivity index is 2.24. The molecule has 0 aliphatic carbocycles. The first-order valence-corrected chi connectivity index (χ1v) is 6.82. The zero-order valence-electron chi connectivity index (χ0n) is 11.3. The van der Waals surface area contributed by atoms with Gasteiger partial charge in [-0.2, -0.15) is 4.99 Å². The van der Waals surface area contributed by atoms with Gasteiger partial charge in [0.2, 0.25) is 0 Å². The molecule has 0 bridgehead atoms. The number of aliphatic imine (C=N–C) groups is 1. The summed E-state index contributed by atoms with van der Waals surface area (Å²) in [7, 11) is 0. The van der Waals surface area contributed by atoms with Crippen molar-refractivity contribution in [2.45, 2.75) is 6.92 Å². The number of isothiocyanates is 1. The van der Waals surface area contributed by atoms with Crippen molar-refractivity contribution in [3.8, 4) is 11.1 Å². The van der Waals surface area contributed by atoms with Crippen LogP contribution in [-0.2, 0) is 0 Å². The summed E-state index contributed by atoms with van der Waals surface area (Å²) >= 11 is 4.57. The normalized spacial score (nSPS) is 10.3. The molecule has 0 atom stereocenters. The highest BCUT2D eigenvalue weighted by Gasteiger charge is 2.12. The van der Waals surface area contributed by atoms with Crippen LogP contribution in [-0.4, -0.2) is 5.16 Å². The topological polar surface area (TPSA) is 42.6 Å². The molecule has 0 N–H and O–H groups in total. The van der Waals surface area contributed by atoms with Crippen molar-refractivity contribution in [1.82, 2.24) is 0 Å². The van der Waals surface area contributed by atoms with E-state index in [1.807, 2.05) is 37.3 Å². The number of para-hydroxylation sites is 1. The van der Waals surface area contributed by atoms with Gasteiger partial charge in [-0.25, -0.2) is 4.79 Å². The van der Waals surface area contributed by atoms with Crippen molar-refractivity contribution in [2.75, 3.05) is 0 Å². The lowest BCUT2D eigenvalue weighted by Gasteiger charge is -2.07. The summed E-state index contributed by atoms with van der Waals surface area (Å²) in [5.41, 5.74) is 3.26. The molecule has 3 nitrogen and oxygen atoms in total. The molecular formula is C17H11NO2S. The van der Waals surface area contributed by atoms with Crippen LogP contribution in [0.1, 0.15) is 5.56 Å². The fraction of sp³-hybridized carbons (Fsp3) is 0.0588. The van der Waals surface area contributed by atoms with Crippen LogP contribution in [0.4, 0.5) is 5.69 Å². The third kappa shape index (κ3) is 2.42. The first-order valence-electron chi connectivity index (χ1n) is 6.41. The minimum absolute atomic E-state index is 0.336. The molecule has 3 aromatic rings. The zero-order valence-corrected chi connectivity index (χ0v) is 12.1.